The summed E-state index contributed by atoms with van der Waals surface area (Å²) in [6, 6.07) is 4.35. The first-order valence-corrected chi connectivity index (χ1v) is 11.1. The quantitative estimate of drug-likeness (QED) is 0.382. The Morgan fingerprint density at radius 3 is 2.52 bits per heavy atom. The van der Waals surface area contributed by atoms with E-state index in [1.165, 1.54) is 44.2 Å². The Labute approximate surface area is 193 Å². The fourth-order valence-corrected chi connectivity index (χ4v) is 4.97. The summed E-state index contributed by atoms with van der Waals surface area (Å²) in [5.74, 6) is 2.17. The zero-order chi connectivity index (χ0) is 19.4. The Balaban J connectivity index is 0.00000240. The van der Waals surface area contributed by atoms with E-state index in [0.29, 0.717) is 12.0 Å². The molecule has 0 amide bonds. The average Bonchev–Trinajstić information content (AvgIpc) is 3.36. The van der Waals surface area contributed by atoms with Crippen molar-refractivity contribution < 1.29 is 0 Å². The molecule has 1 N–H and O–H groups in total. The van der Waals surface area contributed by atoms with E-state index in [-0.39, 0.29) is 24.0 Å². The summed E-state index contributed by atoms with van der Waals surface area (Å²) in [5, 5.41) is 3.51. The van der Waals surface area contributed by atoms with Crippen molar-refractivity contribution in [1.82, 2.24) is 20.1 Å². The standard InChI is InChI=1S/C22H36N6.HI/c1-3-23-21(28-11-10-22(18-28)8-4-5-9-22)25-17-19-6-7-20(24-16-19)27-14-12-26(2)13-15-27;/h6-7,16H,3-5,8-15,17-18H2,1-2H3,(H,23,25);1H. The van der Waals surface area contributed by atoms with Gasteiger partial charge in [-0.15, -0.1) is 24.0 Å². The predicted molar refractivity (Wildman–Crippen MR) is 131 cm³/mol. The molecule has 4 rings (SSSR count). The topological polar surface area (TPSA) is 47.0 Å². The number of guanidine groups is 1. The van der Waals surface area contributed by atoms with Crippen LogP contribution < -0.4 is 10.2 Å². The molecule has 0 atom stereocenters. The number of pyridine rings is 1. The first kappa shape index (κ1) is 22.6. The first-order valence-electron chi connectivity index (χ1n) is 11.1. The molecule has 7 heteroatoms. The number of aliphatic imine (C=N–C) groups is 1. The third-order valence-electron chi connectivity index (χ3n) is 6.78. The smallest absolute Gasteiger partial charge is 0.194 e. The maximum Gasteiger partial charge on any atom is 0.194 e. The minimum atomic E-state index is 0. The molecule has 0 radical (unpaired) electrons. The summed E-state index contributed by atoms with van der Waals surface area (Å²) in [6.07, 6.45) is 8.96. The Bertz CT molecular complexity index is 662. The minimum absolute atomic E-state index is 0. The Morgan fingerprint density at radius 2 is 1.86 bits per heavy atom. The summed E-state index contributed by atoms with van der Waals surface area (Å²) in [7, 11) is 2.18. The van der Waals surface area contributed by atoms with Gasteiger partial charge in [-0.05, 0) is 50.3 Å². The second-order valence-electron chi connectivity index (χ2n) is 8.86. The van der Waals surface area contributed by atoms with Gasteiger partial charge in [0.05, 0.1) is 6.54 Å². The largest absolute Gasteiger partial charge is 0.357 e. The first-order chi connectivity index (χ1) is 13.7. The number of rotatable bonds is 4. The second-order valence-corrected chi connectivity index (χ2v) is 8.86. The number of hydrogen-bond donors (Lipinski definition) is 1. The molecule has 0 unspecified atom stereocenters. The maximum atomic E-state index is 4.94. The Morgan fingerprint density at radius 1 is 1.10 bits per heavy atom. The number of piperazine rings is 1. The van der Waals surface area contributed by atoms with Crippen molar-refractivity contribution in [2.75, 3.05) is 57.8 Å². The van der Waals surface area contributed by atoms with Gasteiger partial charge < -0.3 is 20.0 Å². The molecule has 1 aromatic heterocycles. The van der Waals surface area contributed by atoms with Crippen LogP contribution in [0.3, 0.4) is 0 Å². The summed E-state index contributed by atoms with van der Waals surface area (Å²) in [5.41, 5.74) is 1.75. The van der Waals surface area contributed by atoms with Gasteiger partial charge in [-0.3, -0.25) is 0 Å². The van der Waals surface area contributed by atoms with Crippen molar-refractivity contribution in [3.63, 3.8) is 0 Å². The van der Waals surface area contributed by atoms with Gasteiger partial charge in [0.1, 0.15) is 5.82 Å². The van der Waals surface area contributed by atoms with Gasteiger partial charge in [-0.1, -0.05) is 18.9 Å². The van der Waals surface area contributed by atoms with Gasteiger partial charge in [0.2, 0.25) is 0 Å². The Hall–Kier alpha value is -1.09. The highest BCUT2D eigenvalue weighted by Gasteiger charge is 2.41. The van der Waals surface area contributed by atoms with Crippen LogP contribution in [0.2, 0.25) is 0 Å². The molecule has 3 aliphatic rings. The fraction of sp³-hybridized carbons (Fsp3) is 0.727. The van der Waals surface area contributed by atoms with Crippen LogP contribution in [-0.2, 0) is 6.54 Å². The summed E-state index contributed by atoms with van der Waals surface area (Å²) < 4.78 is 0. The lowest BCUT2D eigenvalue weighted by Crippen LogP contribution is -2.44. The van der Waals surface area contributed by atoms with E-state index in [1.807, 2.05) is 6.20 Å². The number of aromatic nitrogens is 1. The lowest BCUT2D eigenvalue weighted by atomic mass is 9.86. The number of nitrogens with zero attached hydrogens (tertiary/aromatic N) is 5. The monoisotopic (exact) mass is 512 g/mol. The van der Waals surface area contributed by atoms with Crippen molar-refractivity contribution in [3.05, 3.63) is 23.9 Å². The van der Waals surface area contributed by atoms with Crippen LogP contribution in [0, 0.1) is 5.41 Å². The molecule has 1 aromatic rings. The van der Waals surface area contributed by atoms with Gasteiger partial charge in [0.25, 0.3) is 0 Å². The zero-order valence-corrected chi connectivity index (χ0v) is 20.4. The van der Waals surface area contributed by atoms with E-state index < -0.39 is 0 Å². The van der Waals surface area contributed by atoms with Gasteiger partial charge >= 0.3 is 0 Å². The molecule has 0 aromatic carbocycles. The second kappa shape index (κ2) is 10.3. The number of halogens is 1. The number of likely N-dealkylation sites (N-methyl/N-ethyl adjacent to an activating group) is 1. The van der Waals surface area contributed by atoms with Crippen molar-refractivity contribution in [3.8, 4) is 0 Å². The van der Waals surface area contributed by atoms with E-state index in [9.17, 15) is 0 Å². The summed E-state index contributed by atoms with van der Waals surface area (Å²) >= 11 is 0. The fourth-order valence-electron chi connectivity index (χ4n) is 4.97. The van der Waals surface area contributed by atoms with Crippen molar-refractivity contribution in [2.24, 2.45) is 10.4 Å². The third-order valence-corrected chi connectivity index (χ3v) is 6.78. The van der Waals surface area contributed by atoms with Crippen LogP contribution in [0.4, 0.5) is 5.82 Å². The van der Waals surface area contributed by atoms with Crippen LogP contribution in [0.5, 0.6) is 0 Å². The molecule has 3 heterocycles. The molecule has 1 aliphatic carbocycles. The van der Waals surface area contributed by atoms with E-state index in [4.69, 9.17) is 9.98 Å². The van der Waals surface area contributed by atoms with Gasteiger partial charge in [-0.2, -0.15) is 0 Å². The van der Waals surface area contributed by atoms with Crippen molar-refractivity contribution in [1.29, 1.82) is 0 Å². The molecule has 6 nitrogen and oxygen atoms in total. The molecule has 29 heavy (non-hydrogen) atoms. The zero-order valence-electron chi connectivity index (χ0n) is 18.1. The minimum Gasteiger partial charge on any atom is -0.357 e. The lowest BCUT2D eigenvalue weighted by Gasteiger charge is -2.33. The van der Waals surface area contributed by atoms with E-state index >= 15 is 0 Å². The lowest BCUT2D eigenvalue weighted by molar-refractivity contribution is 0.309. The van der Waals surface area contributed by atoms with Crippen LogP contribution in [0.15, 0.2) is 23.3 Å². The highest BCUT2D eigenvalue weighted by atomic mass is 127. The molecular weight excluding hydrogens is 475 g/mol. The molecule has 1 spiro atoms. The Kier molecular flexibility index (Phi) is 8.01. The van der Waals surface area contributed by atoms with Crippen LogP contribution in [0.25, 0.3) is 0 Å². The third kappa shape index (κ3) is 5.54. The van der Waals surface area contributed by atoms with Gasteiger partial charge in [-0.25, -0.2) is 9.98 Å². The van der Waals surface area contributed by atoms with Crippen LogP contribution in [0.1, 0.15) is 44.6 Å². The molecule has 2 aliphatic heterocycles. The SMILES string of the molecule is CCNC(=NCc1ccc(N2CCN(C)CC2)nc1)N1CCC2(CCCC2)C1.I. The molecule has 1 saturated carbocycles. The van der Waals surface area contributed by atoms with Crippen molar-refractivity contribution >= 4 is 35.8 Å². The average molecular weight is 512 g/mol. The molecule has 2 saturated heterocycles. The van der Waals surface area contributed by atoms with E-state index in [0.717, 1.165) is 51.0 Å². The maximum absolute atomic E-state index is 4.94. The van der Waals surface area contributed by atoms with Crippen LogP contribution in [-0.4, -0.2) is 73.6 Å². The van der Waals surface area contributed by atoms with E-state index in [2.05, 4.69) is 46.1 Å². The molecule has 162 valence electrons. The molecule has 3 fully saturated rings. The van der Waals surface area contributed by atoms with E-state index in [1.54, 1.807) is 0 Å². The number of likely N-dealkylation sites (tertiary alicyclic amines) is 1. The predicted octanol–water partition coefficient (Wildman–Crippen LogP) is 3.18. The molecule has 0 bridgehead atoms. The number of anilines is 1. The normalized spacial score (nSPS) is 22.2. The van der Waals surface area contributed by atoms with Crippen LogP contribution >= 0.6 is 24.0 Å². The summed E-state index contributed by atoms with van der Waals surface area (Å²) in [6.45, 7) is 10.4. The number of nitrogens with one attached hydrogen (secondary N) is 1. The number of hydrogen-bond acceptors (Lipinski definition) is 4. The van der Waals surface area contributed by atoms with Crippen molar-refractivity contribution in [2.45, 2.75) is 45.6 Å². The highest BCUT2D eigenvalue weighted by molar-refractivity contribution is 14.0. The van der Waals surface area contributed by atoms with Gasteiger partial charge in [0, 0.05) is 52.0 Å². The summed E-state index contributed by atoms with van der Waals surface area (Å²) in [4.78, 5) is 16.9. The van der Waals surface area contributed by atoms with Gasteiger partial charge in [0.15, 0.2) is 5.96 Å². The highest BCUT2D eigenvalue weighted by Crippen LogP contribution is 2.45. The molecular formula is C22H37IN6.